The standard InChI is InChI=1S/C21H20N2O5S2/c1-3-14-17(15-5-4-10-29-15)18-19(30-14)22-16(8-9-27-2)23(20(18)24)11-12-6-7-13(28-12)21(25)26/h4-7,10H,3,8-9,11H2,1-2H3,(H,25,26). The second-order valence-electron chi connectivity index (χ2n) is 6.64. The van der Waals surface area contributed by atoms with Gasteiger partial charge in [0.2, 0.25) is 5.76 Å². The molecule has 1 N–H and O–H groups in total. The number of methoxy groups -OCH3 is 1. The van der Waals surface area contributed by atoms with Gasteiger partial charge in [0, 0.05) is 28.8 Å². The smallest absolute Gasteiger partial charge is 0.371 e. The molecule has 0 bridgehead atoms. The van der Waals surface area contributed by atoms with Crippen LogP contribution in [0.2, 0.25) is 0 Å². The fourth-order valence-corrected chi connectivity index (χ4v) is 5.39. The fourth-order valence-electron chi connectivity index (χ4n) is 3.38. The zero-order chi connectivity index (χ0) is 21.3. The molecule has 0 radical (unpaired) electrons. The summed E-state index contributed by atoms with van der Waals surface area (Å²) in [5.74, 6) is -0.331. The van der Waals surface area contributed by atoms with E-state index in [1.165, 1.54) is 6.07 Å². The molecule has 0 saturated carbocycles. The van der Waals surface area contributed by atoms with Crippen LogP contribution in [0.4, 0.5) is 0 Å². The molecule has 0 aromatic carbocycles. The van der Waals surface area contributed by atoms with Gasteiger partial charge >= 0.3 is 5.97 Å². The van der Waals surface area contributed by atoms with Crippen molar-refractivity contribution in [3.63, 3.8) is 0 Å². The predicted molar refractivity (Wildman–Crippen MR) is 117 cm³/mol. The van der Waals surface area contributed by atoms with Gasteiger partial charge < -0.3 is 14.3 Å². The van der Waals surface area contributed by atoms with Crippen LogP contribution >= 0.6 is 22.7 Å². The van der Waals surface area contributed by atoms with E-state index in [9.17, 15) is 9.59 Å². The SMILES string of the molecule is CCc1sc2nc(CCOC)n(Cc3ccc(C(=O)O)o3)c(=O)c2c1-c1cccs1. The minimum atomic E-state index is -1.15. The van der Waals surface area contributed by atoms with Gasteiger partial charge in [0.25, 0.3) is 5.56 Å². The van der Waals surface area contributed by atoms with E-state index in [0.29, 0.717) is 34.8 Å². The first-order chi connectivity index (χ1) is 14.5. The highest BCUT2D eigenvalue weighted by atomic mass is 32.1. The fraction of sp³-hybridized carbons (Fsp3) is 0.286. The number of carbonyl (C=O) groups is 1. The quantitative estimate of drug-likeness (QED) is 0.436. The number of fused-ring (bicyclic) bond motifs is 1. The van der Waals surface area contributed by atoms with Crippen molar-refractivity contribution < 1.29 is 19.1 Å². The van der Waals surface area contributed by atoms with Crippen LogP contribution in [0, 0.1) is 0 Å². The summed E-state index contributed by atoms with van der Waals surface area (Å²) in [5.41, 5.74) is 0.793. The molecule has 30 heavy (non-hydrogen) atoms. The van der Waals surface area contributed by atoms with Crippen molar-refractivity contribution in [2.75, 3.05) is 13.7 Å². The van der Waals surface area contributed by atoms with Crippen molar-refractivity contribution in [3.05, 3.63) is 62.2 Å². The molecule has 0 aliphatic rings. The second kappa shape index (κ2) is 8.55. The zero-order valence-electron chi connectivity index (χ0n) is 16.5. The molecule has 4 aromatic rings. The maximum absolute atomic E-state index is 13.6. The van der Waals surface area contributed by atoms with Crippen molar-refractivity contribution in [2.45, 2.75) is 26.3 Å². The molecule has 0 amide bonds. The van der Waals surface area contributed by atoms with Gasteiger partial charge in [-0.05, 0) is 30.0 Å². The lowest BCUT2D eigenvalue weighted by atomic mass is 10.1. The van der Waals surface area contributed by atoms with Gasteiger partial charge in [0.15, 0.2) is 0 Å². The number of thiophene rings is 2. The Hall–Kier alpha value is -2.75. The van der Waals surface area contributed by atoms with Crippen LogP contribution in [0.25, 0.3) is 20.7 Å². The summed E-state index contributed by atoms with van der Waals surface area (Å²) in [6.45, 7) is 2.60. The number of rotatable bonds is 8. The van der Waals surface area contributed by atoms with Gasteiger partial charge in [-0.2, -0.15) is 0 Å². The molecular weight excluding hydrogens is 424 g/mol. The number of aromatic carboxylic acids is 1. The van der Waals surface area contributed by atoms with Gasteiger partial charge in [-0.15, -0.1) is 22.7 Å². The highest BCUT2D eigenvalue weighted by molar-refractivity contribution is 7.20. The summed E-state index contributed by atoms with van der Waals surface area (Å²) in [6, 6.07) is 6.95. The second-order valence-corrected chi connectivity index (χ2v) is 8.68. The van der Waals surface area contributed by atoms with Crippen LogP contribution in [0.5, 0.6) is 0 Å². The van der Waals surface area contributed by atoms with Crippen molar-refractivity contribution in [1.82, 2.24) is 9.55 Å². The average molecular weight is 445 g/mol. The first-order valence-electron chi connectivity index (χ1n) is 9.43. The van der Waals surface area contributed by atoms with E-state index in [2.05, 4.69) is 6.92 Å². The lowest BCUT2D eigenvalue weighted by Crippen LogP contribution is -2.26. The molecule has 0 saturated heterocycles. The normalized spacial score (nSPS) is 11.4. The van der Waals surface area contributed by atoms with Crippen molar-refractivity contribution >= 4 is 38.9 Å². The molecule has 4 rings (SSSR count). The van der Waals surface area contributed by atoms with Crippen LogP contribution in [0.1, 0.15) is 33.9 Å². The lowest BCUT2D eigenvalue weighted by molar-refractivity contribution is 0.0660. The maximum Gasteiger partial charge on any atom is 0.371 e. The van der Waals surface area contributed by atoms with Crippen LogP contribution in [0.15, 0.2) is 38.9 Å². The molecule has 4 aromatic heterocycles. The van der Waals surface area contributed by atoms with Crippen molar-refractivity contribution in [2.24, 2.45) is 0 Å². The van der Waals surface area contributed by atoms with E-state index < -0.39 is 5.97 Å². The van der Waals surface area contributed by atoms with Gasteiger partial charge in [-0.1, -0.05) is 13.0 Å². The van der Waals surface area contributed by atoms with Gasteiger partial charge in [0.1, 0.15) is 16.4 Å². The van der Waals surface area contributed by atoms with Crippen LogP contribution in [-0.4, -0.2) is 34.3 Å². The number of aromatic nitrogens is 2. The van der Waals surface area contributed by atoms with E-state index in [4.69, 9.17) is 19.2 Å². The Morgan fingerprint density at radius 3 is 2.80 bits per heavy atom. The highest BCUT2D eigenvalue weighted by Crippen LogP contribution is 2.38. The first-order valence-corrected chi connectivity index (χ1v) is 11.1. The summed E-state index contributed by atoms with van der Waals surface area (Å²) in [6.07, 6.45) is 1.27. The van der Waals surface area contributed by atoms with Gasteiger partial charge in [-0.25, -0.2) is 9.78 Å². The average Bonchev–Trinajstić information content (AvgIpc) is 3.47. The number of nitrogens with zero attached hydrogens (tertiary/aromatic N) is 2. The molecule has 7 nitrogen and oxygen atoms in total. The third-order valence-corrected chi connectivity index (χ3v) is 6.88. The highest BCUT2D eigenvalue weighted by Gasteiger charge is 2.22. The van der Waals surface area contributed by atoms with Gasteiger partial charge in [-0.3, -0.25) is 9.36 Å². The van der Waals surface area contributed by atoms with E-state index in [1.54, 1.807) is 40.4 Å². The summed E-state index contributed by atoms with van der Waals surface area (Å²) in [7, 11) is 1.60. The van der Waals surface area contributed by atoms with E-state index >= 15 is 0 Å². The monoisotopic (exact) mass is 444 g/mol. The third-order valence-electron chi connectivity index (χ3n) is 4.77. The Bertz CT molecular complexity index is 1250. The molecule has 0 spiro atoms. The first kappa shape index (κ1) is 20.5. The Morgan fingerprint density at radius 1 is 1.33 bits per heavy atom. The number of ether oxygens (including phenoxy) is 1. The molecule has 0 aliphatic carbocycles. The van der Waals surface area contributed by atoms with Crippen LogP contribution in [0.3, 0.4) is 0 Å². The van der Waals surface area contributed by atoms with Crippen molar-refractivity contribution in [1.29, 1.82) is 0 Å². The molecule has 0 aliphatic heterocycles. The number of hydrogen-bond acceptors (Lipinski definition) is 7. The minimum Gasteiger partial charge on any atom is -0.475 e. The molecule has 0 atom stereocenters. The third kappa shape index (κ3) is 3.71. The van der Waals surface area contributed by atoms with Gasteiger partial charge in [0.05, 0.1) is 18.5 Å². The van der Waals surface area contributed by atoms with Crippen LogP contribution < -0.4 is 5.56 Å². The van der Waals surface area contributed by atoms with E-state index in [0.717, 1.165) is 21.7 Å². The Kier molecular flexibility index (Phi) is 5.85. The number of furan rings is 1. The molecule has 0 fully saturated rings. The molecule has 4 heterocycles. The number of carboxylic acids is 1. The molecule has 0 unspecified atom stereocenters. The Labute approximate surface area is 180 Å². The lowest BCUT2D eigenvalue weighted by Gasteiger charge is -2.11. The van der Waals surface area contributed by atoms with E-state index in [1.807, 2.05) is 17.5 Å². The topological polar surface area (TPSA) is 94.6 Å². The van der Waals surface area contributed by atoms with Crippen molar-refractivity contribution in [3.8, 4) is 10.4 Å². The number of hydrogen-bond donors (Lipinski definition) is 1. The summed E-state index contributed by atoms with van der Waals surface area (Å²) < 4.78 is 12.2. The number of aryl methyl sites for hydroxylation is 1. The minimum absolute atomic E-state index is 0.106. The number of carboxylic acid groups (broad SMARTS) is 1. The Morgan fingerprint density at radius 2 is 2.17 bits per heavy atom. The molecule has 156 valence electrons. The molecule has 9 heteroatoms. The largest absolute Gasteiger partial charge is 0.475 e. The zero-order valence-corrected chi connectivity index (χ0v) is 18.1. The molecular formula is C21H20N2O5S2. The maximum atomic E-state index is 13.6. The summed E-state index contributed by atoms with van der Waals surface area (Å²) in [4.78, 5) is 32.5. The predicted octanol–water partition coefficient (Wildman–Crippen LogP) is 4.28. The summed E-state index contributed by atoms with van der Waals surface area (Å²) in [5, 5.41) is 11.7. The summed E-state index contributed by atoms with van der Waals surface area (Å²) >= 11 is 3.14. The van der Waals surface area contributed by atoms with Crippen LogP contribution in [-0.2, 0) is 24.1 Å². The Balaban J connectivity index is 1.91. The van der Waals surface area contributed by atoms with E-state index in [-0.39, 0.29) is 17.9 Å².